The number of carbonyl (C=O) groups excluding carboxylic acids is 1. The van der Waals surface area contributed by atoms with Crippen molar-refractivity contribution < 1.29 is 13.6 Å². The van der Waals surface area contributed by atoms with Gasteiger partial charge in [-0.25, -0.2) is 8.78 Å². The molecule has 0 saturated carbocycles. The minimum absolute atomic E-state index is 0.0268. The van der Waals surface area contributed by atoms with Crippen molar-refractivity contribution in [3.63, 3.8) is 0 Å². The Labute approximate surface area is 129 Å². The van der Waals surface area contributed by atoms with E-state index < -0.39 is 11.6 Å². The lowest BCUT2D eigenvalue weighted by Gasteiger charge is -2.07. The van der Waals surface area contributed by atoms with E-state index in [1.807, 2.05) is 12.1 Å². The fourth-order valence-electron chi connectivity index (χ4n) is 1.69. The molecule has 20 heavy (non-hydrogen) atoms. The summed E-state index contributed by atoms with van der Waals surface area (Å²) in [5.41, 5.74) is 1.90. The lowest BCUT2D eigenvalue weighted by atomic mass is 10.1. The van der Waals surface area contributed by atoms with Gasteiger partial charge in [-0.2, -0.15) is 0 Å². The van der Waals surface area contributed by atoms with E-state index in [0.29, 0.717) is 5.56 Å². The molecule has 0 saturated heterocycles. The minimum Gasteiger partial charge on any atom is -0.348 e. The summed E-state index contributed by atoms with van der Waals surface area (Å²) in [6.45, 7) is 0.0268. The molecule has 0 heterocycles. The van der Waals surface area contributed by atoms with Gasteiger partial charge in [0, 0.05) is 28.2 Å². The number of nitrogens with one attached hydrogen (secondary N) is 1. The smallest absolute Gasteiger partial charge is 0.251 e. The van der Waals surface area contributed by atoms with Gasteiger partial charge in [0.25, 0.3) is 5.91 Å². The third-order valence-electron chi connectivity index (χ3n) is 2.82. The Morgan fingerprint density at radius 3 is 2.40 bits per heavy atom. The molecular weight excluding hydrogens is 375 g/mol. The van der Waals surface area contributed by atoms with Crippen molar-refractivity contribution in [3.05, 3.63) is 70.8 Å². The molecule has 2 aromatic carbocycles. The molecule has 0 spiro atoms. The Morgan fingerprint density at radius 1 is 1.10 bits per heavy atom. The molecule has 0 aliphatic carbocycles. The Balaban J connectivity index is 2.00. The third kappa shape index (κ3) is 3.75. The van der Waals surface area contributed by atoms with Crippen molar-refractivity contribution in [3.8, 4) is 0 Å². The molecule has 0 aliphatic heterocycles. The summed E-state index contributed by atoms with van der Waals surface area (Å²) in [7, 11) is 0. The fraction of sp³-hybridized carbons (Fsp3) is 0.133. The predicted octanol–water partition coefficient (Wildman–Crippen LogP) is 3.83. The first-order valence-electron chi connectivity index (χ1n) is 5.97. The normalized spacial score (nSPS) is 10.3. The van der Waals surface area contributed by atoms with Crippen LogP contribution in [0.25, 0.3) is 0 Å². The van der Waals surface area contributed by atoms with Crippen LogP contribution in [0, 0.1) is 11.6 Å². The van der Waals surface area contributed by atoms with Crippen LogP contribution in [0.1, 0.15) is 21.5 Å². The molecular formula is C15H12F2INO. The maximum absolute atomic E-state index is 13.4. The zero-order valence-corrected chi connectivity index (χ0v) is 12.7. The number of hydrogen-bond acceptors (Lipinski definition) is 1. The lowest BCUT2D eigenvalue weighted by molar-refractivity contribution is 0.0950. The largest absolute Gasteiger partial charge is 0.348 e. The second-order valence-corrected chi connectivity index (χ2v) is 5.01. The van der Waals surface area contributed by atoms with Crippen molar-refractivity contribution in [1.29, 1.82) is 0 Å². The molecule has 0 aliphatic rings. The van der Waals surface area contributed by atoms with Crippen LogP contribution in [0.2, 0.25) is 0 Å². The molecule has 2 rings (SSSR count). The number of hydrogen-bond donors (Lipinski definition) is 1. The van der Waals surface area contributed by atoms with Gasteiger partial charge in [0.15, 0.2) is 0 Å². The van der Waals surface area contributed by atoms with Crippen molar-refractivity contribution >= 4 is 28.5 Å². The van der Waals surface area contributed by atoms with Crippen LogP contribution >= 0.6 is 22.6 Å². The van der Waals surface area contributed by atoms with Gasteiger partial charge in [-0.1, -0.05) is 40.8 Å². The van der Waals surface area contributed by atoms with Crippen LogP contribution in [-0.2, 0) is 11.0 Å². The molecule has 0 aromatic heterocycles. The first-order chi connectivity index (χ1) is 9.60. The first-order valence-corrected chi connectivity index (χ1v) is 7.49. The van der Waals surface area contributed by atoms with E-state index in [9.17, 15) is 13.6 Å². The summed E-state index contributed by atoms with van der Waals surface area (Å²) < 4.78 is 27.0. The van der Waals surface area contributed by atoms with Crippen molar-refractivity contribution in [2.45, 2.75) is 11.0 Å². The van der Waals surface area contributed by atoms with Crippen molar-refractivity contribution in [2.75, 3.05) is 0 Å². The number of amides is 1. The van der Waals surface area contributed by atoms with Gasteiger partial charge in [-0.05, 0) is 23.8 Å². The Kier molecular flexibility index (Phi) is 5.05. The highest BCUT2D eigenvalue weighted by Crippen LogP contribution is 2.11. The SMILES string of the molecule is O=C(NCc1ccc(F)cc1F)c1ccc(CI)cc1. The van der Waals surface area contributed by atoms with E-state index in [4.69, 9.17) is 0 Å². The second-order valence-electron chi connectivity index (χ2n) is 4.25. The zero-order valence-electron chi connectivity index (χ0n) is 10.5. The van der Waals surface area contributed by atoms with Gasteiger partial charge in [-0.3, -0.25) is 4.79 Å². The summed E-state index contributed by atoms with van der Waals surface area (Å²) in [6, 6.07) is 10.5. The van der Waals surface area contributed by atoms with Crippen molar-refractivity contribution in [1.82, 2.24) is 5.32 Å². The number of halogens is 3. The highest BCUT2D eigenvalue weighted by Gasteiger charge is 2.08. The Hall–Kier alpha value is -1.50. The molecule has 0 atom stereocenters. The van der Waals surface area contributed by atoms with E-state index in [2.05, 4.69) is 27.9 Å². The molecule has 5 heteroatoms. The van der Waals surface area contributed by atoms with E-state index in [1.165, 1.54) is 12.1 Å². The quantitative estimate of drug-likeness (QED) is 0.627. The molecule has 2 nitrogen and oxygen atoms in total. The molecule has 104 valence electrons. The van der Waals surface area contributed by atoms with Crippen LogP contribution in [0.3, 0.4) is 0 Å². The van der Waals surface area contributed by atoms with Crippen LogP contribution in [0.15, 0.2) is 42.5 Å². The number of carbonyl (C=O) groups is 1. The molecule has 0 fully saturated rings. The van der Waals surface area contributed by atoms with Crippen LogP contribution in [-0.4, -0.2) is 5.91 Å². The Bertz CT molecular complexity index is 614. The Morgan fingerprint density at radius 2 is 1.80 bits per heavy atom. The van der Waals surface area contributed by atoms with Crippen molar-refractivity contribution in [2.24, 2.45) is 0 Å². The molecule has 0 bridgehead atoms. The number of rotatable bonds is 4. The summed E-state index contributed by atoms with van der Waals surface area (Å²) >= 11 is 2.24. The molecule has 1 amide bonds. The van der Waals surface area contributed by atoms with E-state index >= 15 is 0 Å². The van der Waals surface area contributed by atoms with E-state index in [0.717, 1.165) is 16.1 Å². The van der Waals surface area contributed by atoms with Crippen LogP contribution in [0.5, 0.6) is 0 Å². The van der Waals surface area contributed by atoms with Gasteiger partial charge in [0.1, 0.15) is 11.6 Å². The first kappa shape index (κ1) is 14.9. The zero-order chi connectivity index (χ0) is 14.5. The topological polar surface area (TPSA) is 29.1 Å². The van der Waals surface area contributed by atoms with E-state index in [1.54, 1.807) is 12.1 Å². The van der Waals surface area contributed by atoms with Gasteiger partial charge >= 0.3 is 0 Å². The summed E-state index contributed by atoms with van der Waals surface area (Å²) in [5.74, 6) is -1.58. The van der Waals surface area contributed by atoms with Crippen LogP contribution < -0.4 is 5.32 Å². The average molecular weight is 387 g/mol. The standard InChI is InChI=1S/C15H12F2INO/c16-13-6-5-12(14(17)7-13)9-19-15(20)11-3-1-10(8-18)2-4-11/h1-7H,8-9H2,(H,19,20). The lowest BCUT2D eigenvalue weighted by Crippen LogP contribution is -2.23. The third-order valence-corrected chi connectivity index (χ3v) is 3.71. The summed E-state index contributed by atoms with van der Waals surface area (Å²) in [4.78, 5) is 11.9. The average Bonchev–Trinajstić information content (AvgIpc) is 2.46. The van der Waals surface area contributed by atoms with Gasteiger partial charge in [-0.15, -0.1) is 0 Å². The molecule has 0 unspecified atom stereocenters. The van der Waals surface area contributed by atoms with Gasteiger partial charge in [0.2, 0.25) is 0 Å². The summed E-state index contributed by atoms with van der Waals surface area (Å²) in [5, 5.41) is 2.61. The maximum atomic E-state index is 13.4. The maximum Gasteiger partial charge on any atom is 0.251 e. The molecule has 2 aromatic rings. The monoisotopic (exact) mass is 387 g/mol. The van der Waals surface area contributed by atoms with Gasteiger partial charge < -0.3 is 5.32 Å². The minimum atomic E-state index is -0.662. The molecule has 0 radical (unpaired) electrons. The number of benzene rings is 2. The fourth-order valence-corrected chi connectivity index (χ4v) is 2.20. The highest BCUT2D eigenvalue weighted by molar-refractivity contribution is 14.1. The van der Waals surface area contributed by atoms with Crippen LogP contribution in [0.4, 0.5) is 8.78 Å². The predicted molar refractivity (Wildman–Crippen MR) is 81.7 cm³/mol. The molecule has 1 N–H and O–H groups in total. The summed E-state index contributed by atoms with van der Waals surface area (Å²) in [6.07, 6.45) is 0. The van der Waals surface area contributed by atoms with Gasteiger partial charge in [0.05, 0.1) is 0 Å². The second kappa shape index (κ2) is 6.78. The number of alkyl halides is 1. The van der Waals surface area contributed by atoms with E-state index in [-0.39, 0.29) is 18.0 Å². The highest BCUT2D eigenvalue weighted by atomic mass is 127.